The number of aryl methyl sites for hydroxylation is 1. The standard InChI is InChI=1S/C33H42/c1-4-6-26-8-14-30(15-9-26)32-18-12-28(13-19-32)24-25(3)29-20-22-33(23-21-29)31-16-10-27(7-5-2)11-17-31/h10-13,16-23,25-26,30H,4-9,14-15,24H2,1-3H3/t25-,26?,30?/m1/s1. The molecule has 0 heterocycles. The zero-order valence-electron chi connectivity index (χ0n) is 21.0. The molecule has 4 rings (SSSR count). The molecule has 0 radical (unpaired) electrons. The third kappa shape index (κ3) is 6.38. The van der Waals surface area contributed by atoms with E-state index in [-0.39, 0.29) is 0 Å². The van der Waals surface area contributed by atoms with E-state index in [1.807, 2.05) is 0 Å². The minimum atomic E-state index is 0.529. The fourth-order valence-electron chi connectivity index (χ4n) is 5.75. The van der Waals surface area contributed by atoms with Gasteiger partial charge in [0.2, 0.25) is 0 Å². The maximum absolute atomic E-state index is 2.41. The summed E-state index contributed by atoms with van der Waals surface area (Å²) in [6, 6.07) is 27.9. The molecule has 33 heavy (non-hydrogen) atoms. The van der Waals surface area contributed by atoms with Crippen LogP contribution in [0.25, 0.3) is 11.1 Å². The van der Waals surface area contributed by atoms with Crippen molar-refractivity contribution >= 4 is 0 Å². The van der Waals surface area contributed by atoms with Crippen molar-refractivity contribution in [2.45, 2.75) is 90.4 Å². The Kier molecular flexibility index (Phi) is 8.43. The van der Waals surface area contributed by atoms with Crippen molar-refractivity contribution in [1.82, 2.24) is 0 Å². The molecule has 0 heteroatoms. The van der Waals surface area contributed by atoms with Crippen LogP contribution in [0.5, 0.6) is 0 Å². The van der Waals surface area contributed by atoms with Crippen molar-refractivity contribution in [2.75, 3.05) is 0 Å². The summed E-state index contributed by atoms with van der Waals surface area (Å²) in [4.78, 5) is 0. The van der Waals surface area contributed by atoms with Gasteiger partial charge in [0.25, 0.3) is 0 Å². The molecule has 0 aliphatic heterocycles. The molecule has 0 amide bonds. The van der Waals surface area contributed by atoms with Crippen LogP contribution < -0.4 is 0 Å². The first-order valence-corrected chi connectivity index (χ1v) is 13.4. The maximum Gasteiger partial charge on any atom is -0.0150 e. The molecule has 0 saturated heterocycles. The summed E-state index contributed by atoms with van der Waals surface area (Å²) < 4.78 is 0. The first-order chi connectivity index (χ1) is 16.2. The normalized spacial score (nSPS) is 19.4. The second kappa shape index (κ2) is 11.7. The monoisotopic (exact) mass is 438 g/mol. The molecule has 0 aromatic heterocycles. The van der Waals surface area contributed by atoms with Crippen molar-refractivity contribution in [1.29, 1.82) is 0 Å². The zero-order chi connectivity index (χ0) is 23.0. The zero-order valence-corrected chi connectivity index (χ0v) is 21.0. The Morgan fingerprint density at radius 3 is 1.82 bits per heavy atom. The summed E-state index contributed by atoms with van der Waals surface area (Å²) in [5.41, 5.74) is 8.51. The van der Waals surface area contributed by atoms with Crippen LogP contribution in [-0.4, -0.2) is 0 Å². The van der Waals surface area contributed by atoms with Gasteiger partial charge >= 0.3 is 0 Å². The van der Waals surface area contributed by atoms with E-state index < -0.39 is 0 Å². The van der Waals surface area contributed by atoms with E-state index in [1.54, 1.807) is 5.56 Å². The summed E-state index contributed by atoms with van der Waals surface area (Å²) in [5.74, 6) is 2.30. The van der Waals surface area contributed by atoms with Crippen molar-refractivity contribution in [3.63, 3.8) is 0 Å². The Morgan fingerprint density at radius 1 is 0.667 bits per heavy atom. The highest BCUT2D eigenvalue weighted by Crippen LogP contribution is 2.37. The second-order valence-corrected chi connectivity index (χ2v) is 10.4. The largest absolute Gasteiger partial charge is 0.0654 e. The molecule has 0 nitrogen and oxygen atoms in total. The summed E-state index contributed by atoms with van der Waals surface area (Å²) in [6.45, 7) is 6.92. The lowest BCUT2D eigenvalue weighted by Crippen LogP contribution is -2.13. The molecule has 1 saturated carbocycles. The lowest BCUT2D eigenvalue weighted by Gasteiger charge is -2.28. The molecular weight excluding hydrogens is 396 g/mol. The van der Waals surface area contributed by atoms with E-state index in [9.17, 15) is 0 Å². The highest BCUT2D eigenvalue weighted by Gasteiger charge is 2.21. The first-order valence-electron chi connectivity index (χ1n) is 13.4. The smallest absolute Gasteiger partial charge is 0.0150 e. The van der Waals surface area contributed by atoms with E-state index >= 15 is 0 Å². The van der Waals surface area contributed by atoms with E-state index in [2.05, 4.69) is 93.6 Å². The van der Waals surface area contributed by atoms with Crippen molar-refractivity contribution in [3.05, 3.63) is 95.1 Å². The number of rotatable bonds is 9. The highest BCUT2D eigenvalue weighted by molar-refractivity contribution is 5.64. The number of hydrogen-bond acceptors (Lipinski definition) is 0. The summed E-state index contributed by atoms with van der Waals surface area (Å²) in [6.07, 6.45) is 11.9. The molecule has 3 aromatic rings. The first kappa shape index (κ1) is 23.8. The Balaban J connectivity index is 1.33. The van der Waals surface area contributed by atoms with E-state index in [4.69, 9.17) is 0 Å². The Bertz CT molecular complexity index is 954. The third-order valence-corrected chi connectivity index (χ3v) is 7.84. The minimum absolute atomic E-state index is 0.529. The van der Waals surface area contributed by atoms with Crippen LogP contribution in [0.3, 0.4) is 0 Å². The van der Waals surface area contributed by atoms with Crippen molar-refractivity contribution < 1.29 is 0 Å². The second-order valence-electron chi connectivity index (χ2n) is 10.4. The highest BCUT2D eigenvalue weighted by atomic mass is 14.3. The summed E-state index contributed by atoms with van der Waals surface area (Å²) in [5, 5.41) is 0. The molecule has 1 aliphatic carbocycles. The van der Waals surface area contributed by atoms with Crippen LogP contribution in [0.15, 0.2) is 72.8 Å². The Labute approximate surface area is 202 Å². The van der Waals surface area contributed by atoms with Gasteiger partial charge < -0.3 is 0 Å². The maximum atomic E-state index is 2.41. The predicted octanol–water partition coefficient (Wildman–Crippen LogP) is 9.73. The van der Waals surface area contributed by atoms with Gasteiger partial charge in [-0.3, -0.25) is 0 Å². The molecule has 0 unspecified atom stereocenters. The summed E-state index contributed by atoms with van der Waals surface area (Å²) in [7, 11) is 0. The lowest BCUT2D eigenvalue weighted by molar-refractivity contribution is 0.308. The van der Waals surface area contributed by atoms with E-state index in [1.165, 1.54) is 72.8 Å². The Hall–Kier alpha value is -2.34. The van der Waals surface area contributed by atoms with E-state index in [0.29, 0.717) is 5.92 Å². The SMILES string of the molecule is CCCc1ccc(-c2ccc([C@H](C)Cc3ccc(C4CCC(CCC)CC4)cc3)cc2)cc1. The molecule has 3 aromatic carbocycles. The van der Waals surface area contributed by atoms with Crippen LogP contribution >= 0.6 is 0 Å². The minimum Gasteiger partial charge on any atom is -0.0654 e. The summed E-state index contributed by atoms with van der Waals surface area (Å²) >= 11 is 0. The predicted molar refractivity (Wildman–Crippen MR) is 144 cm³/mol. The molecular formula is C33H42. The molecule has 0 spiro atoms. The number of hydrogen-bond donors (Lipinski definition) is 0. The van der Waals surface area contributed by atoms with Gasteiger partial charge in [0.05, 0.1) is 0 Å². The fourth-order valence-corrected chi connectivity index (χ4v) is 5.75. The molecule has 0 bridgehead atoms. The van der Waals surface area contributed by atoms with Crippen LogP contribution in [-0.2, 0) is 12.8 Å². The van der Waals surface area contributed by atoms with Gasteiger partial charge in [-0.15, -0.1) is 0 Å². The van der Waals surface area contributed by atoms with Crippen LogP contribution in [0.4, 0.5) is 0 Å². The van der Waals surface area contributed by atoms with Gasteiger partial charge in [0.1, 0.15) is 0 Å². The van der Waals surface area contributed by atoms with Crippen molar-refractivity contribution in [2.24, 2.45) is 5.92 Å². The van der Waals surface area contributed by atoms with Gasteiger partial charge in [-0.2, -0.15) is 0 Å². The third-order valence-electron chi connectivity index (χ3n) is 7.84. The fraction of sp³-hybridized carbons (Fsp3) is 0.455. The van der Waals surface area contributed by atoms with Crippen LogP contribution in [0, 0.1) is 5.92 Å². The molecule has 1 atom stereocenters. The molecule has 1 aliphatic rings. The molecule has 0 N–H and O–H groups in total. The van der Waals surface area contributed by atoms with Gasteiger partial charge in [-0.05, 0) is 89.7 Å². The molecule has 174 valence electrons. The topological polar surface area (TPSA) is 0 Å². The molecule has 1 fully saturated rings. The average molecular weight is 439 g/mol. The van der Waals surface area contributed by atoms with E-state index in [0.717, 1.165) is 24.7 Å². The van der Waals surface area contributed by atoms with Crippen molar-refractivity contribution in [3.8, 4) is 11.1 Å². The lowest BCUT2D eigenvalue weighted by atomic mass is 9.77. The average Bonchev–Trinajstić information content (AvgIpc) is 2.86. The van der Waals surface area contributed by atoms with Crippen LogP contribution in [0.2, 0.25) is 0 Å². The Morgan fingerprint density at radius 2 is 1.24 bits per heavy atom. The quantitative estimate of drug-likeness (QED) is 0.312. The van der Waals surface area contributed by atoms with Gasteiger partial charge in [-0.1, -0.05) is 113 Å². The van der Waals surface area contributed by atoms with Crippen LogP contribution in [0.1, 0.15) is 99.8 Å². The number of benzene rings is 3. The van der Waals surface area contributed by atoms with Gasteiger partial charge in [-0.25, -0.2) is 0 Å². The van der Waals surface area contributed by atoms with Gasteiger partial charge in [0, 0.05) is 0 Å². The van der Waals surface area contributed by atoms with Gasteiger partial charge in [0.15, 0.2) is 0 Å².